The Kier molecular flexibility index (Phi) is 3.45. The summed E-state index contributed by atoms with van der Waals surface area (Å²) >= 11 is 1.34. The number of nitrogens with zero attached hydrogens (tertiary/aromatic N) is 1. The highest BCUT2D eigenvalue weighted by Gasteiger charge is 2.22. The monoisotopic (exact) mass is 268 g/mol. The first kappa shape index (κ1) is 13.1. The molecule has 5 heteroatoms. The summed E-state index contributed by atoms with van der Waals surface area (Å²) in [5, 5.41) is 2.41. The quantitative estimate of drug-likeness (QED) is 0.927. The van der Waals surface area contributed by atoms with Crippen LogP contribution >= 0.6 is 11.3 Å². The second-order valence-corrected chi connectivity index (χ2v) is 5.61. The Bertz CT molecular complexity index is 564. The molecule has 0 saturated carbocycles. The van der Waals surface area contributed by atoms with Crippen LogP contribution in [0.5, 0.6) is 0 Å². The first-order chi connectivity index (χ1) is 8.44. The van der Waals surface area contributed by atoms with Crippen molar-refractivity contribution in [3.8, 4) is 10.6 Å². The normalized spacial score (nSPS) is 11.8. The molecule has 0 aliphatic carbocycles. The molecule has 2 N–H and O–H groups in total. The van der Waals surface area contributed by atoms with Crippen LogP contribution in [-0.2, 0) is 5.41 Å². The van der Waals surface area contributed by atoms with Gasteiger partial charge in [0, 0.05) is 29.0 Å². The molecule has 18 heavy (non-hydrogen) atoms. The van der Waals surface area contributed by atoms with E-state index in [1.54, 1.807) is 0 Å². The van der Waals surface area contributed by atoms with Crippen LogP contribution in [0.4, 0.5) is 8.78 Å². The van der Waals surface area contributed by atoms with Crippen molar-refractivity contribution in [2.75, 3.05) is 6.54 Å². The van der Waals surface area contributed by atoms with E-state index in [0.29, 0.717) is 17.1 Å². The second kappa shape index (κ2) is 4.74. The first-order valence-electron chi connectivity index (χ1n) is 5.55. The number of halogens is 2. The van der Waals surface area contributed by atoms with E-state index in [1.807, 2.05) is 19.2 Å². The zero-order valence-corrected chi connectivity index (χ0v) is 11.0. The minimum atomic E-state index is -0.596. The molecule has 2 nitrogen and oxygen atoms in total. The van der Waals surface area contributed by atoms with Gasteiger partial charge in [-0.1, -0.05) is 13.8 Å². The van der Waals surface area contributed by atoms with Crippen molar-refractivity contribution in [3.05, 3.63) is 40.9 Å². The van der Waals surface area contributed by atoms with Gasteiger partial charge in [-0.15, -0.1) is 11.3 Å². The first-order valence-corrected chi connectivity index (χ1v) is 6.43. The predicted molar refractivity (Wildman–Crippen MR) is 69.5 cm³/mol. The molecule has 1 heterocycles. The summed E-state index contributed by atoms with van der Waals surface area (Å²) in [6, 6.07) is 3.50. The Morgan fingerprint density at radius 2 is 2.06 bits per heavy atom. The molecule has 1 aromatic heterocycles. The van der Waals surface area contributed by atoms with E-state index in [1.165, 1.54) is 23.5 Å². The van der Waals surface area contributed by atoms with Crippen molar-refractivity contribution >= 4 is 11.3 Å². The Balaban J connectivity index is 2.41. The molecule has 1 aromatic carbocycles. The Hall–Kier alpha value is -1.33. The van der Waals surface area contributed by atoms with E-state index >= 15 is 0 Å². The molecule has 0 spiro atoms. The van der Waals surface area contributed by atoms with Gasteiger partial charge in [-0.2, -0.15) is 0 Å². The van der Waals surface area contributed by atoms with Crippen LogP contribution in [0.15, 0.2) is 23.6 Å². The van der Waals surface area contributed by atoms with Crippen LogP contribution in [0.1, 0.15) is 19.5 Å². The van der Waals surface area contributed by atoms with E-state index in [4.69, 9.17) is 5.73 Å². The van der Waals surface area contributed by atoms with Crippen LogP contribution < -0.4 is 5.73 Å². The number of benzene rings is 1. The molecule has 0 bridgehead atoms. The van der Waals surface area contributed by atoms with Gasteiger partial charge in [-0.25, -0.2) is 13.8 Å². The maximum atomic E-state index is 13.6. The maximum absolute atomic E-state index is 13.6. The molecular weight excluding hydrogens is 254 g/mol. The van der Waals surface area contributed by atoms with Crippen LogP contribution in [0.2, 0.25) is 0 Å². The summed E-state index contributed by atoms with van der Waals surface area (Å²) in [6.07, 6.45) is 0. The van der Waals surface area contributed by atoms with Crippen LogP contribution in [-0.4, -0.2) is 11.5 Å². The van der Waals surface area contributed by atoms with Gasteiger partial charge in [0.1, 0.15) is 16.6 Å². The number of aromatic nitrogens is 1. The van der Waals surface area contributed by atoms with E-state index < -0.39 is 11.6 Å². The predicted octanol–water partition coefficient (Wildman–Crippen LogP) is 3.32. The molecule has 2 rings (SSSR count). The standard InChI is InChI=1S/C13H14F2N2S/c1-13(2,7-16)11-6-18-12(17-11)9-4-3-8(14)5-10(9)15/h3-6H,7,16H2,1-2H3. The number of nitrogens with two attached hydrogens (primary N) is 1. The molecule has 0 aliphatic rings. The van der Waals surface area contributed by atoms with Gasteiger partial charge in [0.05, 0.1) is 5.69 Å². The lowest BCUT2D eigenvalue weighted by Crippen LogP contribution is -2.28. The summed E-state index contributed by atoms with van der Waals surface area (Å²) in [4.78, 5) is 4.39. The fraction of sp³-hybridized carbons (Fsp3) is 0.308. The highest BCUT2D eigenvalue weighted by atomic mass is 32.1. The van der Waals surface area contributed by atoms with Crippen LogP contribution in [0, 0.1) is 11.6 Å². The highest BCUT2D eigenvalue weighted by Crippen LogP contribution is 2.31. The summed E-state index contributed by atoms with van der Waals surface area (Å²) in [5.41, 5.74) is 6.58. The molecule has 0 amide bonds. The van der Waals surface area contributed by atoms with Crippen LogP contribution in [0.25, 0.3) is 10.6 Å². The minimum Gasteiger partial charge on any atom is -0.330 e. The number of rotatable bonds is 3. The van der Waals surface area contributed by atoms with Crippen molar-refractivity contribution in [1.82, 2.24) is 4.98 Å². The summed E-state index contributed by atoms with van der Waals surface area (Å²) in [5.74, 6) is -1.18. The smallest absolute Gasteiger partial charge is 0.136 e. The molecule has 0 saturated heterocycles. The molecule has 0 fully saturated rings. The van der Waals surface area contributed by atoms with Crippen molar-refractivity contribution in [2.45, 2.75) is 19.3 Å². The van der Waals surface area contributed by atoms with Gasteiger partial charge in [0.15, 0.2) is 0 Å². The average molecular weight is 268 g/mol. The number of hydrogen-bond donors (Lipinski definition) is 1. The fourth-order valence-corrected chi connectivity index (χ4v) is 2.51. The molecule has 2 aromatic rings. The lowest BCUT2D eigenvalue weighted by atomic mass is 9.90. The van der Waals surface area contributed by atoms with Crippen molar-refractivity contribution in [2.24, 2.45) is 5.73 Å². The van der Waals surface area contributed by atoms with Crippen molar-refractivity contribution < 1.29 is 8.78 Å². The minimum absolute atomic E-state index is 0.245. The zero-order chi connectivity index (χ0) is 13.3. The number of hydrogen-bond acceptors (Lipinski definition) is 3. The second-order valence-electron chi connectivity index (χ2n) is 4.75. The van der Waals surface area contributed by atoms with Gasteiger partial charge >= 0.3 is 0 Å². The SMILES string of the molecule is CC(C)(CN)c1csc(-c2ccc(F)cc2F)n1. The third-order valence-electron chi connectivity index (χ3n) is 2.87. The lowest BCUT2D eigenvalue weighted by molar-refractivity contribution is 0.525. The molecule has 0 aliphatic heterocycles. The van der Waals surface area contributed by atoms with Gasteiger partial charge in [-0.05, 0) is 12.1 Å². The molecular formula is C13H14F2N2S. The van der Waals surface area contributed by atoms with E-state index in [2.05, 4.69) is 4.98 Å². The number of thiazole rings is 1. The molecule has 96 valence electrons. The third kappa shape index (κ3) is 2.42. The van der Waals surface area contributed by atoms with Gasteiger partial charge in [-0.3, -0.25) is 0 Å². The van der Waals surface area contributed by atoms with Gasteiger partial charge < -0.3 is 5.73 Å². The van der Waals surface area contributed by atoms with Crippen LogP contribution in [0.3, 0.4) is 0 Å². The van der Waals surface area contributed by atoms with E-state index in [-0.39, 0.29) is 5.41 Å². The average Bonchev–Trinajstić information content (AvgIpc) is 2.79. The van der Waals surface area contributed by atoms with Gasteiger partial charge in [0.25, 0.3) is 0 Å². The Labute approximate surface area is 108 Å². The summed E-state index contributed by atoms with van der Waals surface area (Å²) in [7, 11) is 0. The third-order valence-corrected chi connectivity index (χ3v) is 3.75. The zero-order valence-electron chi connectivity index (χ0n) is 10.2. The van der Waals surface area contributed by atoms with Crippen molar-refractivity contribution in [3.63, 3.8) is 0 Å². The van der Waals surface area contributed by atoms with Crippen molar-refractivity contribution in [1.29, 1.82) is 0 Å². The maximum Gasteiger partial charge on any atom is 0.136 e. The van der Waals surface area contributed by atoms with E-state index in [0.717, 1.165) is 11.8 Å². The topological polar surface area (TPSA) is 38.9 Å². The largest absolute Gasteiger partial charge is 0.330 e. The molecule has 0 unspecified atom stereocenters. The Morgan fingerprint density at radius 1 is 1.33 bits per heavy atom. The molecule has 0 radical (unpaired) electrons. The Morgan fingerprint density at radius 3 is 2.67 bits per heavy atom. The van der Waals surface area contributed by atoms with E-state index in [9.17, 15) is 8.78 Å². The highest BCUT2D eigenvalue weighted by molar-refractivity contribution is 7.13. The molecule has 0 atom stereocenters. The fourth-order valence-electron chi connectivity index (χ4n) is 1.48. The summed E-state index contributed by atoms with van der Waals surface area (Å²) in [6.45, 7) is 4.42. The summed E-state index contributed by atoms with van der Waals surface area (Å²) < 4.78 is 26.5. The van der Waals surface area contributed by atoms with Gasteiger partial charge in [0.2, 0.25) is 0 Å². The lowest BCUT2D eigenvalue weighted by Gasteiger charge is -2.19.